The molecule has 1 aliphatic carbocycles. The number of nitrogens with zero attached hydrogens (tertiary/aromatic N) is 3. The van der Waals surface area contributed by atoms with Crippen molar-refractivity contribution in [2.75, 3.05) is 6.54 Å². The van der Waals surface area contributed by atoms with Gasteiger partial charge in [0.1, 0.15) is 0 Å². The summed E-state index contributed by atoms with van der Waals surface area (Å²) in [6.07, 6.45) is 28.3. The lowest BCUT2D eigenvalue weighted by Crippen LogP contribution is -2.38. The lowest BCUT2D eigenvalue weighted by atomic mass is 9.80. The number of hydrogen-bond donors (Lipinski definition) is 2. The molecule has 1 aromatic carbocycles. The lowest BCUT2D eigenvalue weighted by Gasteiger charge is -2.31. The summed E-state index contributed by atoms with van der Waals surface area (Å²) >= 11 is 0. The van der Waals surface area contributed by atoms with E-state index in [2.05, 4.69) is 39.2 Å². The zero-order valence-corrected chi connectivity index (χ0v) is 29.6. The van der Waals surface area contributed by atoms with Crippen LogP contribution in [0.2, 0.25) is 0 Å². The Morgan fingerprint density at radius 3 is 2.25 bits per heavy atom. The first-order chi connectivity index (χ1) is 23.2. The van der Waals surface area contributed by atoms with Gasteiger partial charge in [-0.15, -0.1) is 0 Å². The standard InChI is InChI=1S/C33H43N5O2.C8H12/c1-5-7-10-20-30-26(4)32(28-18-13-9-14-19-28)36-37(24-27-16-11-8-12-17-27)33(40)38(30)29(15-6-2)22-21-25(3)35-31(39)23-34;1-4-5-6-7-8(2)3/h5-8,10-12,15-17,20-22,26,28H,1,9,13-14,18-19,23-24,34H2,2-4H3,(H,35,39);4-7H,1H2,2-3H3/b10-7-,15-6-,25-21+,29-22+,30-20+;6-5-. The molecular formula is C41H55N5O2. The van der Waals surface area contributed by atoms with Crippen LogP contribution in [0.25, 0.3) is 0 Å². The van der Waals surface area contributed by atoms with E-state index in [4.69, 9.17) is 10.8 Å². The predicted molar refractivity (Wildman–Crippen MR) is 202 cm³/mol. The van der Waals surface area contributed by atoms with E-state index in [9.17, 15) is 9.59 Å². The zero-order chi connectivity index (χ0) is 35.3. The Hall–Kier alpha value is -4.75. The SMILES string of the molecule is C=C/C=C\C=C(C)C.C=C/C=C\C=C1/C(C)C(C2CCCCC2)=NN(Cc2ccccc2)C(=O)N1C(/C=C\C)=C/C=C(\C)NC(=O)CN. The van der Waals surface area contributed by atoms with Gasteiger partial charge >= 0.3 is 6.03 Å². The first-order valence-corrected chi connectivity index (χ1v) is 16.8. The summed E-state index contributed by atoms with van der Waals surface area (Å²) in [5.41, 5.74) is 11.0. The van der Waals surface area contributed by atoms with Crippen molar-refractivity contribution in [3.05, 3.63) is 145 Å². The van der Waals surface area contributed by atoms with Gasteiger partial charge in [0, 0.05) is 17.3 Å². The van der Waals surface area contributed by atoms with Gasteiger partial charge < -0.3 is 11.1 Å². The second-order valence-electron chi connectivity index (χ2n) is 12.0. The van der Waals surface area contributed by atoms with Crippen LogP contribution in [0, 0.1) is 11.8 Å². The minimum absolute atomic E-state index is 0.0991. The van der Waals surface area contributed by atoms with E-state index in [1.165, 1.54) is 24.8 Å². The van der Waals surface area contributed by atoms with Gasteiger partial charge in [-0.25, -0.2) is 9.80 Å². The third-order valence-electron chi connectivity index (χ3n) is 7.81. The molecule has 3 N–H and O–H groups in total. The summed E-state index contributed by atoms with van der Waals surface area (Å²) in [6, 6.07) is 9.71. The fraction of sp³-hybridized carbons (Fsp3) is 0.341. The minimum atomic E-state index is -0.274. The average molecular weight is 650 g/mol. The fourth-order valence-electron chi connectivity index (χ4n) is 5.47. The van der Waals surface area contributed by atoms with Crippen molar-refractivity contribution >= 4 is 17.6 Å². The van der Waals surface area contributed by atoms with Crippen molar-refractivity contribution < 1.29 is 9.59 Å². The summed E-state index contributed by atoms with van der Waals surface area (Å²) < 4.78 is 0. The van der Waals surface area contributed by atoms with Crippen LogP contribution in [-0.2, 0) is 11.3 Å². The molecule has 1 unspecified atom stereocenters. The second kappa shape index (κ2) is 21.9. The molecule has 7 heteroatoms. The molecule has 1 atom stereocenters. The Bertz CT molecular complexity index is 1460. The zero-order valence-electron chi connectivity index (χ0n) is 29.6. The summed E-state index contributed by atoms with van der Waals surface area (Å²) in [6.45, 7) is 17.6. The first-order valence-electron chi connectivity index (χ1n) is 16.8. The van der Waals surface area contributed by atoms with Gasteiger partial charge in [-0.1, -0.05) is 124 Å². The van der Waals surface area contributed by atoms with Gasteiger partial charge in [0.15, 0.2) is 0 Å². The number of benzene rings is 1. The van der Waals surface area contributed by atoms with Crippen molar-refractivity contribution in [2.24, 2.45) is 22.7 Å². The number of carbonyl (C=O) groups is 2. The van der Waals surface area contributed by atoms with Gasteiger partial charge in [0.2, 0.25) is 5.91 Å². The molecular weight excluding hydrogens is 594 g/mol. The number of carbonyl (C=O) groups excluding carboxylic acids is 2. The Kier molecular flexibility index (Phi) is 18.0. The Morgan fingerprint density at radius 2 is 1.65 bits per heavy atom. The molecule has 2 aliphatic rings. The lowest BCUT2D eigenvalue weighted by molar-refractivity contribution is -0.119. The topological polar surface area (TPSA) is 91.0 Å². The molecule has 0 aromatic heterocycles. The molecule has 0 radical (unpaired) electrons. The third kappa shape index (κ3) is 13.2. The fourth-order valence-corrected chi connectivity index (χ4v) is 5.47. The maximum Gasteiger partial charge on any atom is 0.349 e. The van der Waals surface area contributed by atoms with Crippen molar-refractivity contribution in [1.82, 2.24) is 15.2 Å². The number of allylic oxidation sites excluding steroid dienone is 15. The molecule has 1 saturated carbocycles. The molecule has 0 spiro atoms. The summed E-state index contributed by atoms with van der Waals surface area (Å²) in [4.78, 5) is 28.0. The highest BCUT2D eigenvalue weighted by molar-refractivity contribution is 5.95. The van der Waals surface area contributed by atoms with Gasteiger partial charge in [0.05, 0.1) is 24.5 Å². The third-order valence-corrected chi connectivity index (χ3v) is 7.81. The average Bonchev–Trinajstić information content (AvgIpc) is 3.18. The molecule has 7 nitrogen and oxygen atoms in total. The molecule has 48 heavy (non-hydrogen) atoms. The summed E-state index contributed by atoms with van der Waals surface area (Å²) in [5.74, 6) is -0.0498. The number of nitrogens with two attached hydrogens (primary N) is 1. The number of amides is 3. The number of hydrazone groups is 1. The number of urea groups is 1. The van der Waals surface area contributed by atoms with Crippen LogP contribution in [0.1, 0.15) is 72.3 Å². The molecule has 1 aromatic rings. The molecule has 1 fully saturated rings. The van der Waals surface area contributed by atoms with Gasteiger partial charge in [-0.2, -0.15) is 5.10 Å². The molecule has 0 saturated heterocycles. The van der Waals surface area contributed by atoms with Crippen molar-refractivity contribution in [2.45, 2.75) is 73.3 Å². The van der Waals surface area contributed by atoms with Crippen LogP contribution in [0.3, 0.4) is 0 Å². The number of hydrogen-bond acceptors (Lipinski definition) is 4. The monoisotopic (exact) mass is 649 g/mol. The van der Waals surface area contributed by atoms with Crippen LogP contribution in [0.4, 0.5) is 4.79 Å². The normalized spacial score (nSPS) is 18.9. The minimum Gasteiger partial charge on any atom is -0.329 e. The number of rotatable bonds is 12. The maximum atomic E-state index is 14.4. The number of nitrogens with one attached hydrogen (secondary N) is 1. The molecule has 3 amide bonds. The molecule has 256 valence electrons. The van der Waals surface area contributed by atoms with Gasteiger partial charge in [0.25, 0.3) is 0 Å². The van der Waals surface area contributed by atoms with Crippen LogP contribution in [0.15, 0.2) is 144 Å². The van der Waals surface area contributed by atoms with Crippen molar-refractivity contribution in [3.8, 4) is 0 Å². The Morgan fingerprint density at radius 1 is 0.979 bits per heavy atom. The quantitative estimate of drug-likeness (QED) is 0.221. The van der Waals surface area contributed by atoms with Crippen molar-refractivity contribution in [1.29, 1.82) is 0 Å². The highest BCUT2D eigenvalue weighted by atomic mass is 16.2. The molecule has 1 heterocycles. The van der Waals surface area contributed by atoms with E-state index < -0.39 is 0 Å². The van der Waals surface area contributed by atoms with Crippen LogP contribution < -0.4 is 11.1 Å². The highest BCUT2D eigenvalue weighted by Gasteiger charge is 2.37. The van der Waals surface area contributed by atoms with E-state index in [0.29, 0.717) is 23.9 Å². The van der Waals surface area contributed by atoms with Crippen molar-refractivity contribution in [3.63, 3.8) is 0 Å². The van der Waals surface area contributed by atoms with E-state index in [1.54, 1.807) is 35.1 Å². The second-order valence-corrected chi connectivity index (χ2v) is 12.0. The summed E-state index contributed by atoms with van der Waals surface area (Å²) in [7, 11) is 0. The van der Waals surface area contributed by atoms with Crippen LogP contribution in [0.5, 0.6) is 0 Å². The van der Waals surface area contributed by atoms with Gasteiger partial charge in [-0.05, 0) is 76.3 Å². The Labute approximate surface area is 289 Å². The van der Waals surface area contributed by atoms with E-state index in [1.807, 2.05) is 91.9 Å². The molecule has 3 rings (SSSR count). The largest absolute Gasteiger partial charge is 0.349 e. The van der Waals surface area contributed by atoms with Crippen LogP contribution in [-0.4, -0.2) is 34.1 Å². The van der Waals surface area contributed by atoms with E-state index in [-0.39, 0.29) is 24.4 Å². The highest BCUT2D eigenvalue weighted by Crippen LogP contribution is 2.35. The van der Waals surface area contributed by atoms with Crippen LogP contribution >= 0.6 is 0 Å². The first kappa shape index (κ1) is 39.4. The predicted octanol–water partition coefficient (Wildman–Crippen LogP) is 9.26. The van der Waals surface area contributed by atoms with E-state index in [0.717, 1.165) is 29.8 Å². The summed E-state index contributed by atoms with van der Waals surface area (Å²) in [5, 5.41) is 9.48. The Balaban J connectivity index is 0.000000886. The smallest absolute Gasteiger partial charge is 0.329 e. The molecule has 1 aliphatic heterocycles. The van der Waals surface area contributed by atoms with Gasteiger partial charge in [-0.3, -0.25) is 9.69 Å². The maximum absolute atomic E-state index is 14.4. The van der Waals surface area contributed by atoms with E-state index >= 15 is 0 Å². The molecule has 0 bridgehead atoms.